The molecule has 2 atom stereocenters. The zero-order valence-electron chi connectivity index (χ0n) is 19.6. The number of hydrogen-bond donors (Lipinski definition) is 1. The molecule has 2 aliphatic heterocycles. The van der Waals surface area contributed by atoms with E-state index < -0.39 is 0 Å². The van der Waals surface area contributed by atoms with E-state index in [0.29, 0.717) is 49.0 Å². The Morgan fingerprint density at radius 3 is 2.62 bits per heavy atom. The Hall–Kier alpha value is -2.94. The maximum absolute atomic E-state index is 14.5. The van der Waals surface area contributed by atoms with Crippen LogP contribution in [0.5, 0.6) is 5.88 Å². The maximum atomic E-state index is 14.5. The van der Waals surface area contributed by atoms with E-state index in [1.165, 1.54) is 12.4 Å². The third-order valence-electron chi connectivity index (χ3n) is 7.02. The predicted octanol–water partition coefficient (Wildman–Crippen LogP) is 4.53. The smallest absolute Gasteiger partial charge is 0.410 e. The van der Waals surface area contributed by atoms with Crippen molar-refractivity contribution in [3.05, 3.63) is 41.5 Å². The first-order valence-electron chi connectivity index (χ1n) is 12.1. The molecule has 8 nitrogen and oxygen atoms in total. The zero-order chi connectivity index (χ0) is 23.7. The summed E-state index contributed by atoms with van der Waals surface area (Å²) in [4.78, 5) is 23.2. The molecule has 1 aromatic carbocycles. The van der Waals surface area contributed by atoms with Gasteiger partial charge >= 0.3 is 6.09 Å². The average molecular weight is 471 g/mol. The molecule has 1 saturated carbocycles. The van der Waals surface area contributed by atoms with Gasteiger partial charge < -0.3 is 19.5 Å². The lowest BCUT2D eigenvalue weighted by molar-refractivity contribution is -0.0984. The summed E-state index contributed by atoms with van der Waals surface area (Å²) in [6.45, 7) is 4.78. The summed E-state index contributed by atoms with van der Waals surface area (Å²) in [5.74, 6) is 0.629. The van der Waals surface area contributed by atoms with Crippen molar-refractivity contribution < 1.29 is 23.4 Å². The average Bonchev–Trinajstić information content (AvgIpc) is 2.79. The Morgan fingerprint density at radius 1 is 1.21 bits per heavy atom. The number of benzene rings is 1. The SMILES string of the molecule is CCc1ccc(Nc2ncnc(OC3CC4COCC(C3)N4C(=O)OC3CCC3)c2C)c(F)c1. The molecule has 2 bridgehead atoms. The van der Waals surface area contributed by atoms with Gasteiger partial charge in [-0.15, -0.1) is 0 Å². The summed E-state index contributed by atoms with van der Waals surface area (Å²) >= 11 is 0. The number of nitrogens with one attached hydrogen (secondary N) is 1. The molecular formula is C25H31FN4O4. The van der Waals surface area contributed by atoms with E-state index in [0.717, 1.165) is 31.2 Å². The topological polar surface area (TPSA) is 85.8 Å². The quantitative estimate of drug-likeness (QED) is 0.664. The van der Waals surface area contributed by atoms with Gasteiger partial charge in [0.15, 0.2) is 0 Å². The van der Waals surface area contributed by atoms with Crippen LogP contribution in [0.4, 0.5) is 20.7 Å². The van der Waals surface area contributed by atoms with E-state index in [1.54, 1.807) is 6.07 Å². The van der Waals surface area contributed by atoms with Gasteiger partial charge in [0.1, 0.15) is 30.2 Å². The fraction of sp³-hybridized carbons (Fsp3) is 0.560. The van der Waals surface area contributed by atoms with Crippen LogP contribution in [0.15, 0.2) is 24.5 Å². The molecule has 3 heterocycles. The second-order valence-corrected chi connectivity index (χ2v) is 9.35. The summed E-state index contributed by atoms with van der Waals surface area (Å²) in [5.41, 5.74) is 1.99. The number of rotatable bonds is 6. The second-order valence-electron chi connectivity index (χ2n) is 9.35. The molecule has 2 saturated heterocycles. The Kier molecular flexibility index (Phi) is 6.54. The van der Waals surface area contributed by atoms with Gasteiger partial charge in [-0.05, 0) is 50.3 Å². The van der Waals surface area contributed by atoms with Crippen molar-refractivity contribution in [2.75, 3.05) is 18.5 Å². The number of carbonyl (C=O) groups is 1. The fourth-order valence-corrected chi connectivity index (χ4v) is 4.80. The third kappa shape index (κ3) is 4.66. The highest BCUT2D eigenvalue weighted by atomic mass is 19.1. The van der Waals surface area contributed by atoms with Crippen molar-refractivity contribution in [2.45, 2.75) is 76.7 Å². The number of morpholine rings is 1. The molecule has 2 unspecified atom stereocenters. The molecule has 1 amide bonds. The van der Waals surface area contributed by atoms with Crippen LogP contribution >= 0.6 is 0 Å². The number of aromatic nitrogens is 2. The number of fused-ring (bicyclic) bond motifs is 2. The highest BCUT2D eigenvalue weighted by molar-refractivity contribution is 5.69. The molecule has 1 aromatic heterocycles. The van der Waals surface area contributed by atoms with Crippen LogP contribution in [0.3, 0.4) is 0 Å². The van der Waals surface area contributed by atoms with Crippen LogP contribution in [-0.4, -0.2) is 58.5 Å². The molecule has 34 heavy (non-hydrogen) atoms. The maximum Gasteiger partial charge on any atom is 0.410 e. The normalized spacial score (nSPS) is 24.3. The van der Waals surface area contributed by atoms with Crippen molar-refractivity contribution in [2.24, 2.45) is 0 Å². The lowest BCUT2D eigenvalue weighted by Gasteiger charge is -2.47. The van der Waals surface area contributed by atoms with Crippen LogP contribution in [-0.2, 0) is 15.9 Å². The molecule has 0 spiro atoms. The molecule has 2 aromatic rings. The van der Waals surface area contributed by atoms with Crippen LogP contribution in [0.1, 0.15) is 50.2 Å². The zero-order valence-corrected chi connectivity index (χ0v) is 19.6. The minimum Gasteiger partial charge on any atom is -0.474 e. The van der Waals surface area contributed by atoms with Gasteiger partial charge in [-0.1, -0.05) is 13.0 Å². The number of piperidine rings is 1. The summed E-state index contributed by atoms with van der Waals surface area (Å²) in [5, 5.41) is 3.06. The highest BCUT2D eigenvalue weighted by Gasteiger charge is 2.44. The molecule has 9 heteroatoms. The minimum atomic E-state index is -0.325. The Labute approximate surface area is 198 Å². The summed E-state index contributed by atoms with van der Waals surface area (Å²) in [6, 6.07) is 4.97. The van der Waals surface area contributed by atoms with Crippen LogP contribution in [0, 0.1) is 12.7 Å². The largest absolute Gasteiger partial charge is 0.474 e. The number of halogens is 1. The van der Waals surface area contributed by atoms with Crippen LogP contribution in [0.25, 0.3) is 0 Å². The monoisotopic (exact) mass is 470 g/mol. The van der Waals surface area contributed by atoms with E-state index >= 15 is 0 Å². The number of anilines is 2. The van der Waals surface area contributed by atoms with Crippen molar-refractivity contribution in [1.82, 2.24) is 14.9 Å². The van der Waals surface area contributed by atoms with Gasteiger partial charge in [0.25, 0.3) is 0 Å². The fourth-order valence-electron chi connectivity index (χ4n) is 4.80. The number of carbonyl (C=O) groups excluding carboxylic acids is 1. The van der Waals surface area contributed by atoms with E-state index in [9.17, 15) is 9.18 Å². The first kappa shape index (κ1) is 22.8. The Morgan fingerprint density at radius 2 is 1.97 bits per heavy atom. The van der Waals surface area contributed by atoms with Crippen molar-refractivity contribution in [1.29, 1.82) is 0 Å². The summed E-state index contributed by atoms with van der Waals surface area (Å²) in [7, 11) is 0. The van der Waals surface area contributed by atoms with Crippen molar-refractivity contribution >= 4 is 17.6 Å². The van der Waals surface area contributed by atoms with E-state index in [4.69, 9.17) is 14.2 Å². The van der Waals surface area contributed by atoms with Gasteiger partial charge in [-0.2, -0.15) is 0 Å². The second kappa shape index (κ2) is 9.74. The molecule has 0 radical (unpaired) electrons. The van der Waals surface area contributed by atoms with Crippen LogP contribution in [0.2, 0.25) is 0 Å². The van der Waals surface area contributed by atoms with Gasteiger partial charge in [0.05, 0.1) is 36.5 Å². The standard InChI is InChI=1S/C25H31FN4O4/c1-3-16-7-8-22(21(26)9-16)29-23-15(2)24(28-14-27-23)33-20-10-17-12-32-13-18(11-20)30(17)25(31)34-19-5-4-6-19/h7-9,14,17-20H,3-6,10-13H2,1-2H3,(H,27,28,29). The van der Waals surface area contributed by atoms with Gasteiger partial charge in [-0.3, -0.25) is 4.90 Å². The molecule has 5 rings (SSSR count). The lowest BCUT2D eigenvalue weighted by Crippen LogP contribution is -2.61. The van der Waals surface area contributed by atoms with Crippen molar-refractivity contribution in [3.63, 3.8) is 0 Å². The first-order valence-corrected chi connectivity index (χ1v) is 12.1. The van der Waals surface area contributed by atoms with E-state index in [1.807, 2.05) is 24.8 Å². The van der Waals surface area contributed by atoms with Gasteiger partial charge in [0, 0.05) is 12.8 Å². The molecular weight excluding hydrogens is 439 g/mol. The minimum absolute atomic E-state index is 0.0562. The molecule has 3 aliphatic rings. The number of amides is 1. The van der Waals surface area contributed by atoms with Crippen LogP contribution < -0.4 is 10.1 Å². The highest BCUT2D eigenvalue weighted by Crippen LogP contribution is 2.34. The van der Waals surface area contributed by atoms with Crippen molar-refractivity contribution in [3.8, 4) is 5.88 Å². The van der Waals surface area contributed by atoms with E-state index in [2.05, 4.69) is 15.3 Å². The molecule has 182 valence electrons. The lowest BCUT2D eigenvalue weighted by atomic mass is 9.92. The Balaban J connectivity index is 1.26. The summed E-state index contributed by atoms with van der Waals surface area (Å²) < 4.78 is 32.1. The van der Waals surface area contributed by atoms with E-state index in [-0.39, 0.29) is 36.2 Å². The first-order chi connectivity index (χ1) is 16.5. The Bertz CT molecular complexity index is 1030. The predicted molar refractivity (Wildman–Crippen MR) is 124 cm³/mol. The number of aryl methyl sites for hydroxylation is 1. The van der Waals surface area contributed by atoms with Gasteiger partial charge in [0.2, 0.25) is 5.88 Å². The molecule has 1 aliphatic carbocycles. The number of ether oxygens (including phenoxy) is 3. The molecule has 1 N–H and O–H groups in total. The molecule has 3 fully saturated rings. The number of nitrogens with zero attached hydrogens (tertiary/aromatic N) is 3. The van der Waals surface area contributed by atoms with Gasteiger partial charge in [-0.25, -0.2) is 19.2 Å². The third-order valence-corrected chi connectivity index (χ3v) is 7.02. The summed E-state index contributed by atoms with van der Waals surface area (Å²) in [6.07, 6.45) is 6.18. The number of hydrogen-bond acceptors (Lipinski definition) is 7.